The number of ether oxygens (including phenoxy) is 1. The Balaban J connectivity index is 1.76. The summed E-state index contributed by atoms with van der Waals surface area (Å²) in [7, 11) is -1.53. The fraction of sp³-hybridized carbons (Fsp3) is 1.00. The first kappa shape index (κ1) is 11.9. The summed E-state index contributed by atoms with van der Waals surface area (Å²) < 4.78 is 31.5. The summed E-state index contributed by atoms with van der Waals surface area (Å²) in [5, 5.41) is 0. The molecule has 0 radical (unpaired) electrons. The highest BCUT2D eigenvalue weighted by molar-refractivity contribution is 7.90. The lowest BCUT2D eigenvalue weighted by Crippen LogP contribution is -2.41. The molecule has 0 N–H and O–H groups in total. The topological polar surface area (TPSA) is 46.6 Å². The lowest BCUT2D eigenvalue weighted by Gasteiger charge is -2.24. The minimum absolute atomic E-state index is 0.362. The maximum atomic E-state index is 12.6. The summed E-state index contributed by atoms with van der Waals surface area (Å²) in [5.74, 6) is 1.26. The molecule has 1 aliphatic heterocycles. The molecule has 1 saturated heterocycles. The van der Waals surface area contributed by atoms with Crippen molar-refractivity contribution in [3.05, 3.63) is 0 Å². The number of hydrogen-bond donors (Lipinski definition) is 0. The Hall–Kier alpha value is -0.130. The molecule has 3 rings (SSSR count). The molecule has 0 aromatic heterocycles. The highest BCUT2D eigenvalue weighted by Crippen LogP contribution is 2.48. The Bertz CT molecular complexity index is 390. The summed E-state index contributed by atoms with van der Waals surface area (Å²) in [6, 6.07) is 0. The van der Waals surface area contributed by atoms with Crippen LogP contribution in [-0.4, -0.2) is 44.3 Å². The highest BCUT2D eigenvalue weighted by atomic mass is 32.2. The molecule has 3 aliphatic rings. The van der Waals surface area contributed by atoms with Crippen molar-refractivity contribution in [2.45, 2.75) is 36.9 Å². The van der Waals surface area contributed by atoms with Gasteiger partial charge >= 0.3 is 0 Å². The van der Waals surface area contributed by atoms with Crippen LogP contribution in [0.4, 0.5) is 0 Å². The van der Waals surface area contributed by atoms with Gasteiger partial charge in [-0.15, -0.1) is 0 Å². The molecule has 2 unspecified atom stereocenters. The van der Waals surface area contributed by atoms with Gasteiger partial charge in [0.15, 0.2) is 0 Å². The first-order valence-electron chi connectivity index (χ1n) is 6.58. The van der Waals surface area contributed by atoms with Crippen LogP contribution >= 0.6 is 0 Å². The molecule has 2 aliphatic carbocycles. The zero-order valence-electron chi connectivity index (χ0n) is 10.4. The molecule has 0 aromatic carbocycles. The second-order valence-electron chi connectivity index (χ2n) is 5.89. The van der Waals surface area contributed by atoms with Crippen LogP contribution in [0.5, 0.6) is 0 Å². The molecular formula is C12H21NO3S. The van der Waals surface area contributed by atoms with Crippen molar-refractivity contribution in [2.75, 3.05) is 26.8 Å². The van der Waals surface area contributed by atoms with E-state index in [-0.39, 0.29) is 0 Å². The second-order valence-corrected chi connectivity index (χ2v) is 8.22. The SMILES string of the molecule is COCC1(S(=O)(=O)N2CC3CCCC3C2)CC1. The van der Waals surface area contributed by atoms with E-state index in [1.807, 2.05) is 0 Å². The first-order valence-corrected chi connectivity index (χ1v) is 8.02. The average Bonchev–Trinajstić information content (AvgIpc) is 2.77. The first-order chi connectivity index (χ1) is 8.09. The summed E-state index contributed by atoms with van der Waals surface area (Å²) in [5.41, 5.74) is 0. The molecule has 2 saturated carbocycles. The van der Waals surface area contributed by atoms with Gasteiger partial charge in [-0.25, -0.2) is 12.7 Å². The summed E-state index contributed by atoms with van der Waals surface area (Å²) >= 11 is 0. The van der Waals surface area contributed by atoms with Crippen LogP contribution in [0.15, 0.2) is 0 Å². The van der Waals surface area contributed by atoms with Crippen LogP contribution in [-0.2, 0) is 14.8 Å². The number of rotatable bonds is 4. The number of sulfonamides is 1. The minimum Gasteiger partial charge on any atom is -0.383 e. The number of nitrogens with zero attached hydrogens (tertiary/aromatic N) is 1. The highest BCUT2D eigenvalue weighted by Gasteiger charge is 2.58. The zero-order valence-corrected chi connectivity index (χ0v) is 11.2. The maximum Gasteiger partial charge on any atom is 0.222 e. The zero-order chi connectivity index (χ0) is 12.1. The van der Waals surface area contributed by atoms with Crippen LogP contribution in [0, 0.1) is 11.8 Å². The fourth-order valence-corrected chi connectivity index (χ4v) is 5.75. The molecule has 0 spiro atoms. The van der Waals surface area contributed by atoms with Crippen molar-refractivity contribution >= 4 is 10.0 Å². The van der Waals surface area contributed by atoms with Gasteiger partial charge in [-0.2, -0.15) is 0 Å². The van der Waals surface area contributed by atoms with Crippen LogP contribution < -0.4 is 0 Å². The van der Waals surface area contributed by atoms with E-state index in [0.717, 1.165) is 25.9 Å². The van der Waals surface area contributed by atoms with Gasteiger partial charge < -0.3 is 4.74 Å². The molecule has 0 aromatic rings. The van der Waals surface area contributed by atoms with Gasteiger partial charge in [0.1, 0.15) is 4.75 Å². The average molecular weight is 259 g/mol. The Labute approximate surface area is 103 Å². The van der Waals surface area contributed by atoms with Crippen molar-refractivity contribution in [3.8, 4) is 0 Å². The smallest absolute Gasteiger partial charge is 0.222 e. The summed E-state index contributed by atoms with van der Waals surface area (Å²) in [6.45, 7) is 1.89. The number of methoxy groups -OCH3 is 1. The summed E-state index contributed by atoms with van der Waals surface area (Å²) in [6.07, 6.45) is 5.26. The van der Waals surface area contributed by atoms with Crippen molar-refractivity contribution in [1.29, 1.82) is 0 Å². The molecule has 1 heterocycles. The Kier molecular flexibility index (Phi) is 2.76. The Morgan fingerprint density at radius 2 is 1.82 bits per heavy atom. The van der Waals surface area contributed by atoms with Crippen LogP contribution in [0.25, 0.3) is 0 Å². The third kappa shape index (κ3) is 1.74. The monoisotopic (exact) mass is 259 g/mol. The lowest BCUT2D eigenvalue weighted by atomic mass is 10.0. The van der Waals surface area contributed by atoms with Gasteiger partial charge in [-0.05, 0) is 37.5 Å². The molecule has 3 fully saturated rings. The molecule has 2 atom stereocenters. The van der Waals surface area contributed by atoms with Crippen molar-refractivity contribution in [2.24, 2.45) is 11.8 Å². The summed E-state index contributed by atoms with van der Waals surface area (Å²) in [4.78, 5) is 0. The van der Waals surface area contributed by atoms with Crippen molar-refractivity contribution in [1.82, 2.24) is 4.31 Å². The Morgan fingerprint density at radius 3 is 2.29 bits per heavy atom. The van der Waals surface area contributed by atoms with E-state index < -0.39 is 14.8 Å². The van der Waals surface area contributed by atoms with Gasteiger partial charge in [0.2, 0.25) is 10.0 Å². The standard InChI is InChI=1S/C12H21NO3S/c1-16-9-12(5-6-12)17(14,15)13-7-10-3-2-4-11(10)8-13/h10-11H,2-9H2,1H3. The van der Waals surface area contributed by atoms with Gasteiger partial charge in [0.05, 0.1) is 6.61 Å². The van der Waals surface area contributed by atoms with Gasteiger partial charge in [-0.3, -0.25) is 0 Å². The van der Waals surface area contributed by atoms with Crippen molar-refractivity contribution < 1.29 is 13.2 Å². The van der Waals surface area contributed by atoms with E-state index >= 15 is 0 Å². The van der Waals surface area contributed by atoms with E-state index in [2.05, 4.69) is 0 Å². The largest absolute Gasteiger partial charge is 0.383 e. The van der Waals surface area contributed by atoms with Crippen LogP contribution in [0.3, 0.4) is 0 Å². The fourth-order valence-electron chi connectivity index (χ4n) is 3.54. The predicted molar refractivity (Wildman–Crippen MR) is 65.2 cm³/mol. The quantitative estimate of drug-likeness (QED) is 0.763. The van der Waals surface area contributed by atoms with E-state index in [4.69, 9.17) is 4.74 Å². The predicted octanol–water partition coefficient (Wildman–Crippen LogP) is 1.23. The molecule has 17 heavy (non-hydrogen) atoms. The molecular weight excluding hydrogens is 238 g/mol. The number of hydrogen-bond acceptors (Lipinski definition) is 3. The van der Waals surface area contributed by atoms with E-state index in [1.54, 1.807) is 11.4 Å². The van der Waals surface area contributed by atoms with Crippen molar-refractivity contribution in [3.63, 3.8) is 0 Å². The van der Waals surface area contributed by atoms with Gasteiger partial charge in [0, 0.05) is 20.2 Å². The van der Waals surface area contributed by atoms with E-state index in [0.29, 0.717) is 18.4 Å². The van der Waals surface area contributed by atoms with Crippen LogP contribution in [0.2, 0.25) is 0 Å². The third-order valence-electron chi connectivity index (χ3n) is 4.79. The Morgan fingerprint density at radius 1 is 1.24 bits per heavy atom. The molecule has 4 nitrogen and oxygen atoms in total. The van der Waals surface area contributed by atoms with Gasteiger partial charge in [-0.1, -0.05) is 6.42 Å². The second kappa shape index (κ2) is 3.93. The molecule has 98 valence electrons. The minimum atomic E-state index is -3.12. The molecule has 5 heteroatoms. The number of fused-ring (bicyclic) bond motifs is 1. The normalized spacial score (nSPS) is 36.1. The lowest BCUT2D eigenvalue weighted by molar-refractivity contribution is 0.189. The van der Waals surface area contributed by atoms with Gasteiger partial charge in [0.25, 0.3) is 0 Å². The molecule has 0 amide bonds. The van der Waals surface area contributed by atoms with Crippen LogP contribution in [0.1, 0.15) is 32.1 Å². The third-order valence-corrected chi connectivity index (χ3v) is 7.39. The maximum absolute atomic E-state index is 12.6. The molecule has 0 bridgehead atoms. The van der Waals surface area contributed by atoms with E-state index in [1.165, 1.54) is 19.3 Å². The van der Waals surface area contributed by atoms with E-state index in [9.17, 15) is 8.42 Å².